The van der Waals surface area contributed by atoms with Crippen LogP contribution in [0.3, 0.4) is 0 Å². The number of thioether (sulfide) groups is 1. The summed E-state index contributed by atoms with van der Waals surface area (Å²) in [7, 11) is 0. The van der Waals surface area contributed by atoms with Crippen molar-refractivity contribution in [1.82, 2.24) is 0 Å². The fraction of sp³-hybridized carbons (Fsp3) is 0.538. The molecule has 1 rings (SSSR count). The first kappa shape index (κ1) is 11.6. The first-order chi connectivity index (χ1) is 6.58. The van der Waals surface area contributed by atoms with E-state index in [9.17, 15) is 0 Å². The van der Waals surface area contributed by atoms with Gasteiger partial charge in [-0.15, -0.1) is 0 Å². The van der Waals surface area contributed by atoms with Gasteiger partial charge in [-0.3, -0.25) is 0 Å². The van der Waals surface area contributed by atoms with E-state index in [1.54, 1.807) is 0 Å². The zero-order valence-electron chi connectivity index (χ0n) is 9.52. The SMILES string of the molecule is C=C1CC(CC)(SC)CC(=C)C1=CC. The summed E-state index contributed by atoms with van der Waals surface area (Å²) in [6.07, 6.45) is 7.77. The molecule has 0 nitrogen and oxygen atoms in total. The zero-order chi connectivity index (χ0) is 10.8. The molecule has 0 radical (unpaired) electrons. The van der Waals surface area contributed by atoms with E-state index in [0.717, 1.165) is 12.8 Å². The molecular formula is C13H20S. The third kappa shape index (κ3) is 1.98. The topological polar surface area (TPSA) is 0 Å². The lowest BCUT2D eigenvalue weighted by atomic mass is 9.78. The van der Waals surface area contributed by atoms with E-state index in [4.69, 9.17) is 0 Å². The van der Waals surface area contributed by atoms with Crippen molar-refractivity contribution in [2.75, 3.05) is 6.26 Å². The number of allylic oxidation sites excluding steroid dienone is 4. The normalized spacial score (nSPS) is 28.1. The van der Waals surface area contributed by atoms with Crippen LogP contribution in [-0.2, 0) is 0 Å². The van der Waals surface area contributed by atoms with Crippen LogP contribution >= 0.6 is 11.8 Å². The Hall–Kier alpha value is -0.430. The van der Waals surface area contributed by atoms with Crippen LogP contribution in [0.4, 0.5) is 0 Å². The number of hydrogen-bond acceptors (Lipinski definition) is 1. The highest BCUT2D eigenvalue weighted by molar-refractivity contribution is 8.00. The molecule has 0 bridgehead atoms. The van der Waals surface area contributed by atoms with Crippen molar-refractivity contribution in [3.8, 4) is 0 Å². The monoisotopic (exact) mass is 208 g/mol. The summed E-state index contributed by atoms with van der Waals surface area (Å²) in [6, 6.07) is 0. The van der Waals surface area contributed by atoms with Gasteiger partial charge < -0.3 is 0 Å². The maximum atomic E-state index is 4.17. The highest BCUT2D eigenvalue weighted by Gasteiger charge is 2.34. The van der Waals surface area contributed by atoms with Gasteiger partial charge in [-0.1, -0.05) is 26.2 Å². The van der Waals surface area contributed by atoms with Gasteiger partial charge in [0, 0.05) is 4.75 Å². The van der Waals surface area contributed by atoms with E-state index in [1.165, 1.54) is 23.1 Å². The number of rotatable bonds is 2. The Morgan fingerprint density at radius 3 is 2.14 bits per heavy atom. The lowest BCUT2D eigenvalue weighted by molar-refractivity contribution is 0.542. The molecule has 0 saturated heterocycles. The van der Waals surface area contributed by atoms with Crippen molar-refractivity contribution in [3.63, 3.8) is 0 Å². The van der Waals surface area contributed by atoms with Gasteiger partial charge in [0.15, 0.2) is 0 Å². The second kappa shape index (κ2) is 4.39. The molecule has 14 heavy (non-hydrogen) atoms. The smallest absolute Gasteiger partial charge is 0.0235 e. The van der Waals surface area contributed by atoms with Crippen molar-refractivity contribution in [2.45, 2.75) is 37.9 Å². The van der Waals surface area contributed by atoms with E-state index in [1.807, 2.05) is 11.8 Å². The minimum absolute atomic E-state index is 0.362. The van der Waals surface area contributed by atoms with Crippen molar-refractivity contribution >= 4 is 11.8 Å². The predicted octanol–water partition coefficient (Wildman–Crippen LogP) is 4.35. The summed E-state index contributed by atoms with van der Waals surface area (Å²) >= 11 is 1.96. The van der Waals surface area contributed by atoms with Gasteiger partial charge in [0.2, 0.25) is 0 Å². The van der Waals surface area contributed by atoms with Crippen LogP contribution in [0.15, 0.2) is 36.0 Å². The van der Waals surface area contributed by atoms with Gasteiger partial charge >= 0.3 is 0 Å². The lowest BCUT2D eigenvalue weighted by Gasteiger charge is -2.38. The second-order valence-corrected chi connectivity index (χ2v) is 5.28. The summed E-state index contributed by atoms with van der Waals surface area (Å²) < 4.78 is 0.362. The molecule has 1 fully saturated rings. The first-order valence-corrected chi connectivity index (χ1v) is 6.39. The molecule has 1 aliphatic carbocycles. The molecule has 1 saturated carbocycles. The van der Waals surface area contributed by atoms with Gasteiger partial charge in [0.1, 0.15) is 0 Å². The Labute approximate surface area is 92.2 Å². The second-order valence-electron chi connectivity index (χ2n) is 4.00. The Balaban J connectivity index is 2.95. The van der Waals surface area contributed by atoms with Crippen molar-refractivity contribution in [2.24, 2.45) is 0 Å². The lowest BCUT2D eigenvalue weighted by Crippen LogP contribution is -2.29. The fourth-order valence-corrected chi connectivity index (χ4v) is 3.15. The van der Waals surface area contributed by atoms with Crippen molar-refractivity contribution < 1.29 is 0 Å². The standard InChI is InChI=1S/C13H20S/c1-6-12-10(3)8-13(7-2,14-5)9-11(12)4/h6H,3-4,7-9H2,1-2,5H3. The van der Waals surface area contributed by atoms with Gasteiger partial charge in [-0.25, -0.2) is 0 Å². The summed E-state index contributed by atoms with van der Waals surface area (Å²) in [5.41, 5.74) is 3.82. The summed E-state index contributed by atoms with van der Waals surface area (Å²) in [5, 5.41) is 0. The molecule has 0 spiro atoms. The minimum atomic E-state index is 0.362. The molecule has 0 aromatic heterocycles. The average molecular weight is 208 g/mol. The molecule has 0 aromatic carbocycles. The highest BCUT2D eigenvalue weighted by atomic mass is 32.2. The Morgan fingerprint density at radius 2 is 1.86 bits per heavy atom. The summed E-state index contributed by atoms with van der Waals surface area (Å²) in [6.45, 7) is 12.7. The van der Waals surface area contributed by atoms with Gasteiger partial charge in [0.25, 0.3) is 0 Å². The molecule has 0 unspecified atom stereocenters. The maximum Gasteiger partial charge on any atom is 0.0235 e. The molecule has 0 aliphatic heterocycles. The molecular weight excluding hydrogens is 188 g/mol. The van der Waals surface area contributed by atoms with Gasteiger partial charge in [-0.2, -0.15) is 11.8 Å². The molecule has 0 atom stereocenters. The third-order valence-electron chi connectivity index (χ3n) is 3.20. The maximum absolute atomic E-state index is 4.17. The van der Waals surface area contributed by atoms with Crippen LogP contribution < -0.4 is 0 Å². The Bertz CT molecular complexity index is 258. The van der Waals surface area contributed by atoms with Gasteiger partial charge in [-0.05, 0) is 49.2 Å². The quantitative estimate of drug-likeness (QED) is 0.650. The van der Waals surface area contributed by atoms with Crippen LogP contribution in [0.2, 0.25) is 0 Å². The molecule has 1 heteroatoms. The molecule has 78 valence electrons. The van der Waals surface area contributed by atoms with E-state index in [2.05, 4.69) is 39.3 Å². The highest BCUT2D eigenvalue weighted by Crippen LogP contribution is 2.46. The van der Waals surface area contributed by atoms with Crippen LogP contribution in [0.5, 0.6) is 0 Å². The minimum Gasteiger partial charge on any atom is -0.158 e. The number of hydrogen-bond donors (Lipinski definition) is 0. The van der Waals surface area contributed by atoms with Gasteiger partial charge in [0.05, 0.1) is 0 Å². The van der Waals surface area contributed by atoms with E-state index in [-0.39, 0.29) is 0 Å². The zero-order valence-corrected chi connectivity index (χ0v) is 10.3. The predicted molar refractivity (Wildman–Crippen MR) is 67.8 cm³/mol. The van der Waals surface area contributed by atoms with E-state index < -0.39 is 0 Å². The van der Waals surface area contributed by atoms with Crippen LogP contribution in [0.1, 0.15) is 33.1 Å². The van der Waals surface area contributed by atoms with Crippen LogP contribution in [0, 0.1) is 0 Å². The molecule has 0 heterocycles. The molecule has 0 N–H and O–H groups in total. The van der Waals surface area contributed by atoms with E-state index in [0.29, 0.717) is 4.75 Å². The molecule has 0 amide bonds. The molecule has 1 aliphatic rings. The van der Waals surface area contributed by atoms with E-state index >= 15 is 0 Å². The molecule has 0 aromatic rings. The summed E-state index contributed by atoms with van der Waals surface area (Å²) in [4.78, 5) is 0. The first-order valence-electron chi connectivity index (χ1n) is 5.16. The van der Waals surface area contributed by atoms with Crippen LogP contribution in [0.25, 0.3) is 0 Å². The average Bonchev–Trinajstić information content (AvgIpc) is 2.17. The Kier molecular flexibility index (Phi) is 3.65. The van der Waals surface area contributed by atoms with Crippen molar-refractivity contribution in [3.05, 3.63) is 36.0 Å². The third-order valence-corrected chi connectivity index (χ3v) is 4.64. The fourth-order valence-electron chi connectivity index (χ4n) is 2.23. The van der Waals surface area contributed by atoms with Crippen LogP contribution in [-0.4, -0.2) is 11.0 Å². The van der Waals surface area contributed by atoms with Crippen molar-refractivity contribution in [1.29, 1.82) is 0 Å². The Morgan fingerprint density at radius 1 is 1.36 bits per heavy atom. The summed E-state index contributed by atoms with van der Waals surface area (Å²) in [5.74, 6) is 0. The largest absolute Gasteiger partial charge is 0.158 e.